The Morgan fingerprint density at radius 1 is 0.800 bits per heavy atom. The molecule has 0 aromatic heterocycles. The number of rotatable bonds is 2. The quantitative estimate of drug-likeness (QED) is 0.558. The normalized spacial score (nSPS) is 10.4. The van der Waals surface area contributed by atoms with Gasteiger partial charge in [-0.3, -0.25) is 0 Å². The van der Waals surface area contributed by atoms with Crippen LogP contribution in [-0.4, -0.2) is 5.11 Å². The van der Waals surface area contributed by atoms with Gasteiger partial charge in [-0.25, -0.2) is 0 Å². The van der Waals surface area contributed by atoms with Crippen molar-refractivity contribution in [2.24, 2.45) is 0 Å². The van der Waals surface area contributed by atoms with E-state index in [4.69, 9.17) is 10.8 Å². The Morgan fingerprint density at radius 3 is 1.80 bits per heavy atom. The van der Waals surface area contributed by atoms with Gasteiger partial charge >= 0.3 is 99.2 Å². The molecule has 2 aromatic rings. The molecule has 2 rings (SSSR count). The molecule has 78 valence electrons. The molecule has 0 aliphatic rings. The van der Waals surface area contributed by atoms with Crippen LogP contribution < -0.4 is 26.9 Å². The molecule has 0 heterocycles. The van der Waals surface area contributed by atoms with Gasteiger partial charge in [0, 0.05) is 0 Å². The van der Waals surface area contributed by atoms with Crippen LogP contribution in [0, 0.1) is 7.14 Å². The van der Waals surface area contributed by atoms with E-state index >= 15 is 0 Å². The van der Waals surface area contributed by atoms with Crippen LogP contribution >= 0.6 is 0 Å². The van der Waals surface area contributed by atoms with Gasteiger partial charge in [-0.2, -0.15) is 0 Å². The Bertz CT molecular complexity index is 393. The summed E-state index contributed by atoms with van der Waals surface area (Å²) < 4.78 is 2.62. The Kier molecular flexibility index (Phi) is 3.11. The van der Waals surface area contributed by atoms with Crippen molar-refractivity contribution in [1.29, 1.82) is 0 Å². The van der Waals surface area contributed by atoms with Crippen LogP contribution in [0.4, 0.5) is 5.69 Å². The fraction of sp³-hybridized carbons (Fsp3) is 0. The third-order valence-corrected chi connectivity index (χ3v) is 4.60. The van der Waals surface area contributed by atoms with Crippen molar-refractivity contribution in [1.82, 2.24) is 0 Å². The molecule has 2 nitrogen and oxygen atoms in total. The zero-order chi connectivity index (χ0) is 10.7. The number of phenolic OH excluding ortho intramolecular Hbond substituents is 1. The maximum absolute atomic E-state index is 9.15. The number of phenols is 1. The number of hydrogen-bond donors (Lipinski definition) is 2. The van der Waals surface area contributed by atoms with E-state index in [9.17, 15) is 0 Å². The molecule has 0 saturated heterocycles. The van der Waals surface area contributed by atoms with E-state index in [0.717, 1.165) is 5.69 Å². The van der Waals surface area contributed by atoms with Gasteiger partial charge < -0.3 is 0 Å². The Balaban J connectivity index is 2.15. The molecule has 0 amide bonds. The van der Waals surface area contributed by atoms with Gasteiger partial charge in [-0.15, -0.1) is 0 Å². The predicted molar refractivity (Wildman–Crippen MR) is 56.4 cm³/mol. The zero-order valence-corrected chi connectivity index (χ0v) is 10.2. The molecule has 0 unspecified atom stereocenters. The number of halogens is 1. The predicted octanol–water partition coefficient (Wildman–Crippen LogP) is -0.897. The number of benzene rings is 2. The van der Waals surface area contributed by atoms with Crippen molar-refractivity contribution in [2.45, 2.75) is 0 Å². The molecule has 3 heteroatoms. The molecule has 0 aliphatic heterocycles. The molecular formula is C12H11INO-. The minimum atomic E-state index is -0.164. The topological polar surface area (TPSA) is 46.2 Å². The molecule has 3 N–H and O–H groups in total. The molecule has 0 radical (unpaired) electrons. The van der Waals surface area contributed by atoms with Crippen LogP contribution in [-0.2, 0) is 0 Å². The number of nitrogens with two attached hydrogens (primary N) is 1. The maximum atomic E-state index is 9.15. The summed E-state index contributed by atoms with van der Waals surface area (Å²) in [7, 11) is 0. The van der Waals surface area contributed by atoms with Gasteiger partial charge in [-0.05, 0) is 0 Å². The first-order chi connectivity index (χ1) is 7.24. The first-order valence-electron chi connectivity index (χ1n) is 4.53. The van der Waals surface area contributed by atoms with Crippen molar-refractivity contribution >= 4 is 5.69 Å². The van der Waals surface area contributed by atoms with Crippen molar-refractivity contribution in [3.8, 4) is 5.75 Å². The molecule has 15 heavy (non-hydrogen) atoms. The second kappa shape index (κ2) is 4.53. The van der Waals surface area contributed by atoms with E-state index in [-0.39, 0.29) is 21.2 Å². The average molecular weight is 312 g/mol. The Labute approximate surface area is 99.0 Å². The van der Waals surface area contributed by atoms with Gasteiger partial charge in [-0.1, -0.05) is 0 Å². The van der Waals surface area contributed by atoms with Crippen LogP contribution in [0.3, 0.4) is 0 Å². The molecule has 0 spiro atoms. The van der Waals surface area contributed by atoms with E-state index in [1.807, 2.05) is 24.3 Å². The summed E-state index contributed by atoms with van der Waals surface area (Å²) in [6, 6.07) is 15.4. The summed E-state index contributed by atoms with van der Waals surface area (Å²) >= 11 is -0.164. The second-order valence-corrected chi connectivity index (χ2v) is 6.15. The second-order valence-electron chi connectivity index (χ2n) is 3.12. The summed E-state index contributed by atoms with van der Waals surface area (Å²) in [6.07, 6.45) is 0. The number of hydrogen-bond acceptors (Lipinski definition) is 2. The number of nitrogen functional groups attached to an aromatic ring is 1. The minimum absolute atomic E-state index is 0.164. The molecule has 0 fully saturated rings. The summed E-state index contributed by atoms with van der Waals surface area (Å²) in [6.45, 7) is 0. The monoisotopic (exact) mass is 312 g/mol. The summed E-state index contributed by atoms with van der Waals surface area (Å²) in [5, 5.41) is 9.15. The van der Waals surface area contributed by atoms with Crippen LogP contribution in [0.15, 0.2) is 48.5 Å². The van der Waals surface area contributed by atoms with Crippen LogP contribution in [0.25, 0.3) is 0 Å². The van der Waals surface area contributed by atoms with E-state index < -0.39 is 0 Å². The van der Waals surface area contributed by atoms with Crippen LogP contribution in [0.2, 0.25) is 0 Å². The molecule has 0 saturated carbocycles. The third-order valence-electron chi connectivity index (χ3n) is 1.91. The molecule has 2 aromatic carbocycles. The molecule has 0 bridgehead atoms. The first kappa shape index (κ1) is 10.3. The Morgan fingerprint density at radius 2 is 1.27 bits per heavy atom. The van der Waals surface area contributed by atoms with Crippen LogP contribution in [0.1, 0.15) is 0 Å². The zero-order valence-electron chi connectivity index (χ0n) is 8.02. The number of aromatic hydroxyl groups is 1. The fourth-order valence-electron chi connectivity index (χ4n) is 1.16. The van der Waals surface area contributed by atoms with Crippen molar-refractivity contribution in [3.63, 3.8) is 0 Å². The van der Waals surface area contributed by atoms with E-state index in [1.54, 1.807) is 12.1 Å². The van der Waals surface area contributed by atoms with Gasteiger partial charge in [0.2, 0.25) is 0 Å². The summed E-state index contributed by atoms with van der Waals surface area (Å²) in [5.74, 6) is 0.320. The van der Waals surface area contributed by atoms with Gasteiger partial charge in [0.15, 0.2) is 0 Å². The van der Waals surface area contributed by atoms with E-state index in [1.165, 1.54) is 7.14 Å². The average Bonchev–Trinajstić information content (AvgIpc) is 2.25. The number of anilines is 1. The fourth-order valence-corrected chi connectivity index (χ4v) is 3.31. The van der Waals surface area contributed by atoms with Crippen molar-refractivity contribution in [2.75, 3.05) is 5.73 Å². The standard InChI is InChI=1S/C12H11INO/c14-11-5-1-9(2-6-11)13-10-3-7-12(15)8-4-10/h1-8,15H,14H2/q-1. The van der Waals surface area contributed by atoms with Crippen LogP contribution in [0.5, 0.6) is 5.75 Å². The van der Waals surface area contributed by atoms with Crippen molar-refractivity contribution < 1.29 is 26.3 Å². The van der Waals surface area contributed by atoms with Gasteiger partial charge in [0.1, 0.15) is 0 Å². The van der Waals surface area contributed by atoms with E-state index in [0.29, 0.717) is 5.75 Å². The van der Waals surface area contributed by atoms with Crippen molar-refractivity contribution in [3.05, 3.63) is 55.7 Å². The summed E-state index contributed by atoms with van der Waals surface area (Å²) in [5.41, 5.74) is 6.42. The molecule has 0 atom stereocenters. The Hall–Kier alpha value is -1.23. The molecule has 0 aliphatic carbocycles. The first-order valence-corrected chi connectivity index (χ1v) is 6.69. The van der Waals surface area contributed by atoms with E-state index in [2.05, 4.69) is 12.1 Å². The van der Waals surface area contributed by atoms with Gasteiger partial charge in [0.25, 0.3) is 0 Å². The third kappa shape index (κ3) is 2.86. The van der Waals surface area contributed by atoms with Gasteiger partial charge in [0.05, 0.1) is 0 Å². The SMILES string of the molecule is Nc1ccc([I-]c2ccc(O)cc2)cc1. The molecular weight excluding hydrogens is 301 g/mol. The summed E-state index contributed by atoms with van der Waals surface area (Å²) in [4.78, 5) is 0.